The first-order chi connectivity index (χ1) is 17.2. The van der Waals surface area contributed by atoms with Gasteiger partial charge in [-0.1, -0.05) is 42.5 Å². The first-order valence-electron chi connectivity index (χ1n) is 10.9. The molecule has 1 amide bonds. The van der Waals surface area contributed by atoms with Crippen LogP contribution in [0.2, 0.25) is 0 Å². The molecule has 0 spiro atoms. The number of hydrogen-bond donors (Lipinski definition) is 3. The summed E-state index contributed by atoms with van der Waals surface area (Å²) in [4.78, 5) is 13.1. The molecule has 0 saturated carbocycles. The van der Waals surface area contributed by atoms with Crippen LogP contribution in [-0.2, 0) is 10.0 Å². The number of aryl methyl sites for hydroxylation is 1. The minimum Gasteiger partial charge on any atom is -0.505 e. The molecule has 0 heterocycles. The average molecular weight is 505 g/mol. The van der Waals surface area contributed by atoms with Crippen LogP contribution in [0.3, 0.4) is 0 Å². The molecule has 0 atom stereocenters. The quantitative estimate of drug-likeness (QED) is 0.289. The summed E-state index contributed by atoms with van der Waals surface area (Å²) < 4.78 is 32.0. The van der Waals surface area contributed by atoms with Gasteiger partial charge in [0.05, 0.1) is 17.6 Å². The lowest BCUT2D eigenvalue weighted by Crippen LogP contribution is -2.18. The molecule has 4 rings (SSSR count). The minimum absolute atomic E-state index is 0.0179. The Balaban J connectivity index is 1.82. The van der Waals surface area contributed by atoms with Crippen molar-refractivity contribution in [2.45, 2.75) is 11.8 Å². The van der Waals surface area contributed by atoms with Crippen molar-refractivity contribution in [2.24, 2.45) is 10.2 Å². The number of carbonyl (C=O) groups is 1. The standard InChI is InChI=1S/C26H24N4O5S/c1-16-8-4-7-11-21(16)28-26(32)20-14-17-9-5-6-10-19(17)24(25(20)31)30-29-22-15-18(36(33,34)27-2)12-13-23(22)35-3/h4-15,27,31H,1-3H3,(H,28,32). The SMILES string of the molecule is CNS(=O)(=O)c1ccc(OC)c(N=Nc2c(O)c(C(=O)Nc3ccccc3C)cc3ccccc23)c1. The minimum atomic E-state index is -3.73. The highest BCUT2D eigenvalue weighted by Crippen LogP contribution is 2.41. The number of carbonyl (C=O) groups excluding carboxylic acids is 1. The summed E-state index contributed by atoms with van der Waals surface area (Å²) in [6, 6.07) is 20.1. The monoisotopic (exact) mass is 504 g/mol. The first-order valence-corrected chi connectivity index (χ1v) is 12.4. The van der Waals surface area contributed by atoms with Crippen molar-refractivity contribution in [1.82, 2.24) is 4.72 Å². The third kappa shape index (κ3) is 4.90. The van der Waals surface area contributed by atoms with Crippen molar-refractivity contribution in [1.29, 1.82) is 0 Å². The fourth-order valence-corrected chi connectivity index (χ4v) is 4.38. The van der Waals surface area contributed by atoms with E-state index in [2.05, 4.69) is 20.3 Å². The highest BCUT2D eigenvalue weighted by Gasteiger charge is 2.20. The topological polar surface area (TPSA) is 129 Å². The number of azo groups is 1. The van der Waals surface area contributed by atoms with Gasteiger partial charge in [-0.15, -0.1) is 10.2 Å². The van der Waals surface area contributed by atoms with Gasteiger partial charge in [-0.2, -0.15) is 0 Å². The van der Waals surface area contributed by atoms with Crippen LogP contribution < -0.4 is 14.8 Å². The van der Waals surface area contributed by atoms with Gasteiger partial charge >= 0.3 is 0 Å². The number of amides is 1. The third-order valence-electron chi connectivity index (χ3n) is 5.62. The number of ether oxygens (including phenoxy) is 1. The lowest BCUT2D eigenvalue weighted by Gasteiger charge is -2.12. The molecule has 184 valence electrons. The number of aromatic hydroxyl groups is 1. The van der Waals surface area contributed by atoms with E-state index in [1.807, 2.05) is 19.1 Å². The van der Waals surface area contributed by atoms with E-state index in [1.165, 1.54) is 32.4 Å². The summed E-state index contributed by atoms with van der Waals surface area (Å²) in [5.41, 5.74) is 1.70. The number of nitrogens with one attached hydrogen (secondary N) is 2. The molecule has 0 aliphatic rings. The largest absolute Gasteiger partial charge is 0.505 e. The normalized spacial score (nSPS) is 11.6. The van der Waals surface area contributed by atoms with E-state index in [9.17, 15) is 18.3 Å². The van der Waals surface area contributed by atoms with E-state index in [4.69, 9.17) is 4.74 Å². The number of hydrogen-bond acceptors (Lipinski definition) is 7. The van der Waals surface area contributed by atoms with Crippen LogP contribution >= 0.6 is 0 Å². The van der Waals surface area contributed by atoms with E-state index in [0.29, 0.717) is 16.5 Å². The van der Waals surface area contributed by atoms with Gasteiger partial charge < -0.3 is 15.2 Å². The molecule has 10 heteroatoms. The maximum atomic E-state index is 13.1. The van der Waals surface area contributed by atoms with Gasteiger partial charge in [-0.25, -0.2) is 13.1 Å². The first kappa shape index (κ1) is 24.8. The third-order valence-corrected chi connectivity index (χ3v) is 7.03. The van der Waals surface area contributed by atoms with Crippen molar-refractivity contribution in [2.75, 3.05) is 19.5 Å². The van der Waals surface area contributed by atoms with E-state index in [1.54, 1.807) is 42.5 Å². The number of phenols is 1. The highest BCUT2D eigenvalue weighted by molar-refractivity contribution is 7.89. The van der Waals surface area contributed by atoms with Crippen LogP contribution in [0.4, 0.5) is 17.1 Å². The molecular weight excluding hydrogens is 480 g/mol. The summed E-state index contributed by atoms with van der Waals surface area (Å²) in [5, 5.41) is 23.5. The molecule has 36 heavy (non-hydrogen) atoms. The van der Waals surface area contributed by atoms with Crippen LogP contribution in [0.15, 0.2) is 87.9 Å². The van der Waals surface area contributed by atoms with Crippen molar-refractivity contribution in [3.8, 4) is 11.5 Å². The number of fused-ring (bicyclic) bond motifs is 1. The Morgan fingerprint density at radius 1 is 0.972 bits per heavy atom. The van der Waals surface area contributed by atoms with Crippen molar-refractivity contribution >= 4 is 43.8 Å². The molecule has 0 unspecified atom stereocenters. The van der Waals surface area contributed by atoms with Crippen LogP contribution in [0.5, 0.6) is 11.5 Å². The summed E-state index contributed by atoms with van der Waals surface area (Å²) in [7, 11) is -1.01. The van der Waals surface area contributed by atoms with Gasteiger partial charge in [0.15, 0.2) is 5.75 Å². The number of rotatable bonds is 7. The summed E-state index contributed by atoms with van der Waals surface area (Å²) in [6.07, 6.45) is 0. The zero-order valence-corrected chi connectivity index (χ0v) is 20.6. The molecule has 0 saturated heterocycles. The highest BCUT2D eigenvalue weighted by atomic mass is 32.2. The molecule has 3 N–H and O–H groups in total. The molecular formula is C26H24N4O5S. The van der Waals surface area contributed by atoms with Gasteiger partial charge in [0.2, 0.25) is 10.0 Å². The van der Waals surface area contributed by atoms with E-state index in [-0.39, 0.29) is 33.3 Å². The number of methoxy groups -OCH3 is 1. The number of phenolic OH excluding ortho intramolecular Hbond substituents is 1. The van der Waals surface area contributed by atoms with Crippen LogP contribution in [0.1, 0.15) is 15.9 Å². The lowest BCUT2D eigenvalue weighted by atomic mass is 10.0. The van der Waals surface area contributed by atoms with Crippen LogP contribution in [0.25, 0.3) is 10.8 Å². The van der Waals surface area contributed by atoms with E-state index in [0.717, 1.165) is 5.56 Å². The predicted octanol–water partition coefficient (Wildman–Crippen LogP) is 5.44. The Hall–Kier alpha value is -4.28. The number of para-hydroxylation sites is 1. The second-order valence-corrected chi connectivity index (χ2v) is 9.74. The Bertz CT molecular complexity index is 1600. The Labute approximate surface area is 208 Å². The molecule has 0 radical (unpaired) electrons. The maximum absolute atomic E-state index is 13.1. The van der Waals surface area contributed by atoms with Crippen LogP contribution in [-0.4, -0.2) is 33.6 Å². The predicted molar refractivity (Wildman–Crippen MR) is 138 cm³/mol. The van der Waals surface area contributed by atoms with Gasteiger partial charge in [0.1, 0.15) is 17.1 Å². The maximum Gasteiger partial charge on any atom is 0.259 e. The van der Waals surface area contributed by atoms with E-state index < -0.39 is 15.9 Å². The number of nitrogens with zero attached hydrogens (tertiary/aromatic N) is 2. The number of anilines is 1. The zero-order valence-electron chi connectivity index (χ0n) is 19.8. The number of benzene rings is 4. The molecule has 0 aromatic heterocycles. The van der Waals surface area contributed by atoms with Gasteiger partial charge in [0.25, 0.3) is 5.91 Å². The average Bonchev–Trinajstić information content (AvgIpc) is 2.89. The molecule has 0 aliphatic heterocycles. The fourth-order valence-electron chi connectivity index (χ4n) is 3.63. The molecule has 9 nitrogen and oxygen atoms in total. The molecule has 0 fully saturated rings. The van der Waals surface area contributed by atoms with Gasteiger partial charge in [-0.05, 0) is 55.3 Å². The fraction of sp³-hybridized carbons (Fsp3) is 0.115. The lowest BCUT2D eigenvalue weighted by molar-refractivity contribution is 0.102. The Morgan fingerprint density at radius 2 is 1.69 bits per heavy atom. The van der Waals surface area contributed by atoms with Crippen molar-refractivity contribution in [3.05, 3.63) is 83.9 Å². The molecule has 0 aliphatic carbocycles. The molecule has 4 aromatic rings. The van der Waals surface area contributed by atoms with Crippen molar-refractivity contribution < 1.29 is 23.1 Å². The summed E-state index contributed by atoms with van der Waals surface area (Å²) >= 11 is 0. The zero-order chi connectivity index (χ0) is 25.9. The Morgan fingerprint density at radius 3 is 2.42 bits per heavy atom. The number of sulfonamides is 1. The van der Waals surface area contributed by atoms with Gasteiger partial charge in [-0.3, -0.25) is 4.79 Å². The van der Waals surface area contributed by atoms with E-state index >= 15 is 0 Å². The van der Waals surface area contributed by atoms with Crippen LogP contribution in [0, 0.1) is 6.92 Å². The smallest absolute Gasteiger partial charge is 0.259 e. The van der Waals surface area contributed by atoms with Gasteiger partial charge in [0, 0.05) is 11.1 Å². The summed E-state index contributed by atoms with van der Waals surface area (Å²) in [6.45, 7) is 1.87. The summed E-state index contributed by atoms with van der Waals surface area (Å²) in [5.74, 6) is -0.587. The molecule has 4 aromatic carbocycles. The Kier molecular flexibility index (Phi) is 7.00. The second-order valence-electron chi connectivity index (χ2n) is 7.85. The second kappa shape index (κ2) is 10.1. The van der Waals surface area contributed by atoms with Crippen molar-refractivity contribution in [3.63, 3.8) is 0 Å². The molecule has 0 bridgehead atoms.